The normalized spacial score (nSPS) is 11.5. The van der Waals surface area contributed by atoms with Gasteiger partial charge in [-0.15, -0.1) is 0 Å². The van der Waals surface area contributed by atoms with Gasteiger partial charge in [-0.25, -0.2) is 4.79 Å². The van der Waals surface area contributed by atoms with E-state index < -0.39 is 22.7 Å². The Morgan fingerprint density at radius 2 is 1.45 bits per heavy atom. The van der Waals surface area contributed by atoms with Crippen LogP contribution < -0.4 is 5.43 Å². The number of benzene rings is 3. The van der Waals surface area contributed by atoms with Gasteiger partial charge in [-0.3, -0.25) is 4.79 Å². The van der Waals surface area contributed by atoms with Crippen LogP contribution in [0.2, 0.25) is 20.1 Å². The fourth-order valence-corrected chi connectivity index (χ4v) is 6.73. The first-order valence-corrected chi connectivity index (χ1v) is 13.2. The van der Waals surface area contributed by atoms with Crippen molar-refractivity contribution < 1.29 is 24.5 Å². The number of aromatic carboxylic acids is 1. The molecule has 0 radical (unpaired) electrons. The summed E-state index contributed by atoms with van der Waals surface area (Å²) in [6, 6.07) is 2.99. The fraction of sp³-hybridized carbons (Fsp3) is 0. The zero-order valence-electron chi connectivity index (χ0n) is 15.4. The highest BCUT2D eigenvalue weighted by molar-refractivity contribution is 14.1. The number of phenols is 2. The van der Waals surface area contributed by atoms with Gasteiger partial charge >= 0.3 is 5.97 Å². The molecule has 33 heavy (non-hydrogen) atoms. The van der Waals surface area contributed by atoms with Crippen LogP contribution in [-0.2, 0) is 0 Å². The minimum atomic E-state index is -1.43. The number of halogens is 7. The predicted molar refractivity (Wildman–Crippen MR) is 153 cm³/mol. The first-order chi connectivity index (χ1) is 15.4. The Labute approximate surface area is 245 Å². The van der Waals surface area contributed by atoms with Crippen LogP contribution in [0.5, 0.6) is 11.5 Å². The van der Waals surface area contributed by atoms with Crippen LogP contribution in [0.3, 0.4) is 0 Å². The maximum Gasteiger partial charge on any atom is 0.337 e. The van der Waals surface area contributed by atoms with Crippen molar-refractivity contribution in [3.8, 4) is 33.9 Å². The van der Waals surface area contributed by atoms with Gasteiger partial charge in [0.25, 0.3) is 0 Å². The highest BCUT2D eigenvalue weighted by Crippen LogP contribution is 2.53. The Morgan fingerprint density at radius 3 is 2.06 bits per heavy atom. The Kier molecular flexibility index (Phi) is 7.15. The highest BCUT2D eigenvalue weighted by atomic mass is 127. The van der Waals surface area contributed by atoms with E-state index >= 15 is 0 Å². The SMILES string of the molecule is O=C(O)c1c(Cl)c(Cl)c(Cl)c(Cl)c1-c1c2cc(I)c(=O)c(O)c-2oc2c(I)c(O)c(I)cc12. The summed E-state index contributed by atoms with van der Waals surface area (Å²) in [6.07, 6.45) is 0. The number of hydrogen-bond donors (Lipinski definition) is 3. The third-order valence-corrected chi connectivity index (χ3v) is 9.21. The lowest BCUT2D eigenvalue weighted by atomic mass is 9.90. The molecule has 1 heterocycles. The molecule has 0 bridgehead atoms. The van der Waals surface area contributed by atoms with Crippen molar-refractivity contribution in [1.29, 1.82) is 0 Å². The zero-order valence-corrected chi connectivity index (χ0v) is 24.9. The van der Waals surface area contributed by atoms with Gasteiger partial charge in [0.2, 0.25) is 11.2 Å². The first-order valence-electron chi connectivity index (χ1n) is 8.46. The summed E-state index contributed by atoms with van der Waals surface area (Å²) in [5.41, 5.74) is -0.748. The van der Waals surface area contributed by atoms with Gasteiger partial charge in [0.15, 0.2) is 11.3 Å². The van der Waals surface area contributed by atoms with E-state index in [4.69, 9.17) is 50.8 Å². The first kappa shape index (κ1) is 25.6. The second kappa shape index (κ2) is 9.21. The molecule has 0 amide bonds. The molecule has 1 aliphatic heterocycles. The molecule has 0 atom stereocenters. The number of carboxylic acids is 1. The minimum Gasteiger partial charge on any atom is -0.506 e. The Morgan fingerprint density at radius 1 is 0.848 bits per heavy atom. The van der Waals surface area contributed by atoms with Crippen molar-refractivity contribution in [3.05, 3.63) is 58.7 Å². The van der Waals surface area contributed by atoms with E-state index in [1.54, 1.807) is 28.7 Å². The van der Waals surface area contributed by atoms with Gasteiger partial charge in [-0.1, -0.05) is 46.4 Å². The van der Waals surface area contributed by atoms with Crippen LogP contribution in [0.4, 0.5) is 0 Å². The fourth-order valence-electron chi connectivity index (χ4n) is 3.35. The molecule has 2 aromatic carbocycles. The largest absolute Gasteiger partial charge is 0.506 e. The molecule has 3 N–H and O–H groups in total. The van der Waals surface area contributed by atoms with Gasteiger partial charge < -0.3 is 19.7 Å². The molecule has 2 aromatic rings. The summed E-state index contributed by atoms with van der Waals surface area (Å²) < 4.78 is 6.70. The molecule has 1 aliphatic carbocycles. The molecular formula is C20H5Cl4I3O6. The summed E-state index contributed by atoms with van der Waals surface area (Å²) >= 11 is 30.7. The van der Waals surface area contributed by atoms with Gasteiger partial charge in [-0.2, -0.15) is 0 Å². The van der Waals surface area contributed by atoms with Gasteiger partial charge in [0.1, 0.15) is 5.75 Å². The van der Waals surface area contributed by atoms with Crippen molar-refractivity contribution in [3.63, 3.8) is 0 Å². The van der Waals surface area contributed by atoms with Crippen LogP contribution in [0.15, 0.2) is 21.3 Å². The number of carbonyl (C=O) groups is 1. The number of hydrogen-bond acceptors (Lipinski definition) is 5. The van der Waals surface area contributed by atoms with Gasteiger partial charge in [-0.05, 0) is 79.9 Å². The smallest absolute Gasteiger partial charge is 0.337 e. The topological polar surface area (TPSA) is 108 Å². The molecule has 0 spiro atoms. The average molecular weight is 864 g/mol. The maximum atomic E-state index is 12.4. The van der Waals surface area contributed by atoms with Crippen LogP contribution in [0, 0.1) is 10.7 Å². The van der Waals surface area contributed by atoms with Crippen molar-refractivity contribution >= 4 is 131 Å². The Bertz CT molecular complexity index is 1570. The molecule has 0 fully saturated rings. The van der Waals surface area contributed by atoms with E-state index in [2.05, 4.69) is 0 Å². The van der Waals surface area contributed by atoms with E-state index in [-0.39, 0.29) is 61.0 Å². The quantitative estimate of drug-likeness (QED) is 0.0815. The van der Waals surface area contributed by atoms with Crippen molar-refractivity contribution in [2.45, 2.75) is 0 Å². The lowest BCUT2D eigenvalue weighted by Gasteiger charge is -2.21. The third kappa shape index (κ3) is 3.95. The molecule has 0 saturated heterocycles. The molecule has 0 aromatic heterocycles. The van der Waals surface area contributed by atoms with Crippen LogP contribution in [-0.4, -0.2) is 21.3 Å². The molecule has 4 rings (SSSR count). The summed E-state index contributed by atoms with van der Waals surface area (Å²) in [5, 5.41) is 30.4. The van der Waals surface area contributed by atoms with Crippen molar-refractivity contribution in [1.82, 2.24) is 0 Å². The number of rotatable bonds is 2. The number of phenolic OH excluding ortho intramolecular Hbond substituents is 2. The zero-order chi connectivity index (χ0) is 24.5. The van der Waals surface area contributed by atoms with Crippen molar-refractivity contribution in [2.75, 3.05) is 0 Å². The van der Waals surface area contributed by atoms with Crippen LogP contribution in [0.25, 0.3) is 33.4 Å². The number of fused-ring (bicyclic) bond motifs is 2. The summed E-state index contributed by atoms with van der Waals surface area (Å²) in [4.78, 5) is 24.7. The number of carboxylic acid groups (broad SMARTS) is 1. The predicted octanol–water partition coefficient (Wildman–Crippen LogP) is 8.10. The Hall–Kier alpha value is -0.450. The lowest BCUT2D eigenvalue weighted by Crippen LogP contribution is -2.09. The standard InChI is InChI=1S/C20H5Cl4I3O6/c21-10-8(9(20(31)32)11(22)13(24)12(10)23)7-3-1-5(25)15(28)14(27)18(3)33-19-4(7)2-6(26)16(29)17(19)30/h1-2,28,30H,(H,31,32). The number of aromatic hydroxyl groups is 2. The third-order valence-electron chi connectivity index (χ3n) is 4.79. The van der Waals surface area contributed by atoms with Gasteiger partial charge in [0.05, 0.1) is 36.4 Å². The monoisotopic (exact) mass is 862 g/mol. The van der Waals surface area contributed by atoms with E-state index in [0.717, 1.165) is 0 Å². The summed E-state index contributed by atoms with van der Waals surface area (Å²) in [5.74, 6) is -2.44. The summed E-state index contributed by atoms with van der Waals surface area (Å²) in [6.45, 7) is 0. The van der Waals surface area contributed by atoms with E-state index in [1.165, 1.54) is 6.07 Å². The molecule has 6 nitrogen and oxygen atoms in total. The van der Waals surface area contributed by atoms with E-state index in [9.17, 15) is 24.9 Å². The molecule has 2 aliphatic rings. The van der Waals surface area contributed by atoms with E-state index in [1.807, 2.05) is 45.2 Å². The van der Waals surface area contributed by atoms with Crippen molar-refractivity contribution in [2.24, 2.45) is 0 Å². The highest BCUT2D eigenvalue weighted by Gasteiger charge is 2.32. The summed E-state index contributed by atoms with van der Waals surface area (Å²) in [7, 11) is 0. The molecule has 13 heteroatoms. The second-order valence-electron chi connectivity index (χ2n) is 6.60. The molecular weight excluding hydrogens is 859 g/mol. The molecule has 0 unspecified atom stereocenters. The maximum absolute atomic E-state index is 12.4. The Balaban J connectivity index is 2.43. The molecule has 170 valence electrons. The minimum absolute atomic E-state index is 0.0829. The van der Waals surface area contributed by atoms with Crippen LogP contribution in [0.1, 0.15) is 10.4 Å². The van der Waals surface area contributed by atoms with Crippen LogP contribution >= 0.6 is 114 Å². The second-order valence-corrected chi connectivity index (χ2v) is 11.5. The average Bonchev–Trinajstić information content (AvgIpc) is 2.76. The van der Waals surface area contributed by atoms with Gasteiger partial charge in [0, 0.05) is 22.1 Å². The lowest BCUT2D eigenvalue weighted by molar-refractivity contribution is 0.0698. The molecule has 0 saturated carbocycles. The van der Waals surface area contributed by atoms with E-state index in [0.29, 0.717) is 8.96 Å².